The van der Waals surface area contributed by atoms with Crippen molar-refractivity contribution in [3.05, 3.63) is 57.8 Å². The third-order valence-corrected chi connectivity index (χ3v) is 4.83. The number of rotatable bonds is 8. The largest absolute Gasteiger partial charge is 0.351 e. The molecule has 0 aliphatic carbocycles. The van der Waals surface area contributed by atoms with E-state index in [9.17, 15) is 9.59 Å². The zero-order chi connectivity index (χ0) is 18.2. The molecule has 0 saturated carbocycles. The molecule has 0 aliphatic heterocycles. The normalized spacial score (nSPS) is 12.0. The predicted octanol–water partition coefficient (Wildman–Crippen LogP) is 3.94. The van der Waals surface area contributed by atoms with Crippen LogP contribution in [0.25, 0.3) is 0 Å². The molecule has 0 fully saturated rings. The Morgan fingerprint density at radius 3 is 2.40 bits per heavy atom. The van der Waals surface area contributed by atoms with Gasteiger partial charge in [0.05, 0.1) is 6.04 Å². The Balaban J connectivity index is 1.86. The first kappa shape index (κ1) is 19.2. The van der Waals surface area contributed by atoms with E-state index in [1.807, 2.05) is 5.38 Å². The van der Waals surface area contributed by atoms with Crippen molar-refractivity contribution < 1.29 is 9.59 Å². The molecule has 1 atom stereocenters. The SMILES string of the molecule is CCc1ccc(C(NC(=O)CCNC(=O)c2ccsc2)C(C)C)cc1. The van der Waals surface area contributed by atoms with Crippen molar-refractivity contribution in [1.29, 1.82) is 0 Å². The molecule has 0 saturated heterocycles. The highest BCUT2D eigenvalue weighted by Gasteiger charge is 2.18. The van der Waals surface area contributed by atoms with Crippen LogP contribution in [-0.2, 0) is 11.2 Å². The number of aryl methyl sites for hydroxylation is 1. The Bertz CT molecular complexity index is 678. The summed E-state index contributed by atoms with van der Waals surface area (Å²) < 4.78 is 0. The van der Waals surface area contributed by atoms with Crippen molar-refractivity contribution in [3.8, 4) is 0 Å². The summed E-state index contributed by atoms with van der Waals surface area (Å²) in [7, 11) is 0. The molecule has 1 unspecified atom stereocenters. The molecule has 0 radical (unpaired) electrons. The van der Waals surface area contributed by atoms with Crippen LogP contribution in [0.1, 0.15) is 54.7 Å². The van der Waals surface area contributed by atoms with Crippen molar-refractivity contribution in [2.75, 3.05) is 6.54 Å². The maximum atomic E-state index is 12.3. The summed E-state index contributed by atoms with van der Waals surface area (Å²) in [5.41, 5.74) is 3.04. The molecular weight excluding hydrogens is 332 g/mol. The van der Waals surface area contributed by atoms with Gasteiger partial charge in [-0.1, -0.05) is 45.0 Å². The number of nitrogens with one attached hydrogen (secondary N) is 2. The van der Waals surface area contributed by atoms with Crippen molar-refractivity contribution >= 4 is 23.2 Å². The van der Waals surface area contributed by atoms with E-state index in [-0.39, 0.29) is 30.2 Å². The van der Waals surface area contributed by atoms with Crippen LogP contribution in [0.2, 0.25) is 0 Å². The smallest absolute Gasteiger partial charge is 0.252 e. The van der Waals surface area contributed by atoms with Crippen molar-refractivity contribution in [3.63, 3.8) is 0 Å². The molecule has 1 aromatic carbocycles. The van der Waals surface area contributed by atoms with Crippen molar-refractivity contribution in [2.45, 2.75) is 39.7 Å². The molecule has 2 amide bonds. The fraction of sp³-hybridized carbons (Fsp3) is 0.400. The third-order valence-electron chi connectivity index (χ3n) is 4.15. The number of amides is 2. The van der Waals surface area contributed by atoms with Gasteiger partial charge in [-0.05, 0) is 34.9 Å². The lowest BCUT2D eigenvalue weighted by Gasteiger charge is -2.23. The van der Waals surface area contributed by atoms with E-state index < -0.39 is 0 Å². The van der Waals surface area contributed by atoms with E-state index in [1.165, 1.54) is 16.9 Å². The maximum Gasteiger partial charge on any atom is 0.252 e. The first-order valence-corrected chi connectivity index (χ1v) is 9.64. The Morgan fingerprint density at radius 1 is 1.12 bits per heavy atom. The van der Waals surface area contributed by atoms with Gasteiger partial charge in [-0.3, -0.25) is 9.59 Å². The van der Waals surface area contributed by atoms with E-state index in [4.69, 9.17) is 0 Å². The number of carbonyl (C=O) groups is 2. The van der Waals surface area contributed by atoms with Gasteiger partial charge in [-0.25, -0.2) is 0 Å². The maximum absolute atomic E-state index is 12.3. The summed E-state index contributed by atoms with van der Waals surface area (Å²) in [6.45, 7) is 6.65. The second kappa shape index (κ2) is 9.37. The van der Waals surface area contributed by atoms with Gasteiger partial charge in [0, 0.05) is 23.9 Å². The average Bonchev–Trinajstić information content (AvgIpc) is 3.14. The number of hydrogen-bond acceptors (Lipinski definition) is 3. The topological polar surface area (TPSA) is 58.2 Å². The quantitative estimate of drug-likeness (QED) is 0.751. The van der Waals surface area contributed by atoms with Crippen LogP contribution in [0.4, 0.5) is 0 Å². The lowest BCUT2D eigenvalue weighted by Crippen LogP contribution is -2.34. The summed E-state index contributed by atoms with van der Waals surface area (Å²) in [4.78, 5) is 24.1. The van der Waals surface area contributed by atoms with Gasteiger partial charge in [-0.2, -0.15) is 11.3 Å². The van der Waals surface area contributed by atoms with E-state index in [1.54, 1.807) is 11.4 Å². The van der Waals surface area contributed by atoms with Gasteiger partial charge in [0.2, 0.25) is 5.91 Å². The molecule has 2 rings (SSSR count). The summed E-state index contributed by atoms with van der Waals surface area (Å²) in [5.74, 6) is 0.102. The Labute approximate surface area is 153 Å². The molecule has 0 bridgehead atoms. The molecule has 1 heterocycles. The monoisotopic (exact) mass is 358 g/mol. The van der Waals surface area contributed by atoms with Crippen LogP contribution in [0.3, 0.4) is 0 Å². The molecule has 5 heteroatoms. The van der Waals surface area contributed by atoms with Crippen molar-refractivity contribution in [2.24, 2.45) is 5.92 Å². The number of thiophene rings is 1. The second-order valence-electron chi connectivity index (χ2n) is 6.40. The van der Waals surface area contributed by atoms with Gasteiger partial charge in [-0.15, -0.1) is 0 Å². The van der Waals surface area contributed by atoms with E-state index in [0.29, 0.717) is 12.1 Å². The summed E-state index contributed by atoms with van der Waals surface area (Å²) in [6, 6.07) is 10.1. The highest BCUT2D eigenvalue weighted by Crippen LogP contribution is 2.22. The van der Waals surface area contributed by atoms with Crippen molar-refractivity contribution in [1.82, 2.24) is 10.6 Å². The van der Waals surface area contributed by atoms with Gasteiger partial charge < -0.3 is 10.6 Å². The number of hydrogen-bond donors (Lipinski definition) is 2. The molecule has 4 nitrogen and oxygen atoms in total. The summed E-state index contributed by atoms with van der Waals surface area (Å²) in [5, 5.41) is 9.53. The average molecular weight is 359 g/mol. The lowest BCUT2D eigenvalue weighted by atomic mass is 9.94. The van der Waals surface area contributed by atoms with Crippen LogP contribution in [0.5, 0.6) is 0 Å². The molecule has 0 spiro atoms. The highest BCUT2D eigenvalue weighted by molar-refractivity contribution is 7.08. The van der Waals surface area contributed by atoms with Crippen LogP contribution in [0, 0.1) is 5.92 Å². The van der Waals surface area contributed by atoms with Crippen LogP contribution in [0.15, 0.2) is 41.1 Å². The molecule has 2 N–H and O–H groups in total. The zero-order valence-corrected chi connectivity index (χ0v) is 15.9. The van der Waals surface area contributed by atoms with Gasteiger partial charge >= 0.3 is 0 Å². The van der Waals surface area contributed by atoms with Crippen LogP contribution < -0.4 is 10.6 Å². The van der Waals surface area contributed by atoms with Crippen LogP contribution >= 0.6 is 11.3 Å². The first-order chi connectivity index (χ1) is 12.0. The highest BCUT2D eigenvalue weighted by atomic mass is 32.1. The third kappa shape index (κ3) is 5.71. The Kier molecular flexibility index (Phi) is 7.19. The zero-order valence-electron chi connectivity index (χ0n) is 15.0. The number of carbonyl (C=O) groups excluding carboxylic acids is 2. The fourth-order valence-electron chi connectivity index (χ4n) is 2.63. The van der Waals surface area contributed by atoms with E-state index in [2.05, 4.69) is 55.7 Å². The predicted molar refractivity (Wildman–Crippen MR) is 103 cm³/mol. The number of benzene rings is 1. The Morgan fingerprint density at radius 2 is 1.84 bits per heavy atom. The lowest BCUT2D eigenvalue weighted by molar-refractivity contribution is -0.122. The van der Waals surface area contributed by atoms with Gasteiger partial charge in [0.15, 0.2) is 0 Å². The van der Waals surface area contributed by atoms with Gasteiger partial charge in [0.25, 0.3) is 5.91 Å². The first-order valence-electron chi connectivity index (χ1n) is 8.69. The molecule has 134 valence electrons. The minimum atomic E-state index is -0.135. The molecule has 0 aliphatic rings. The Hall–Kier alpha value is -2.14. The van der Waals surface area contributed by atoms with E-state index >= 15 is 0 Å². The van der Waals surface area contributed by atoms with Gasteiger partial charge in [0.1, 0.15) is 0 Å². The fourth-order valence-corrected chi connectivity index (χ4v) is 3.26. The summed E-state index contributed by atoms with van der Waals surface area (Å²) in [6.07, 6.45) is 1.27. The molecule has 1 aromatic heterocycles. The molecular formula is C20H26N2O2S. The standard InChI is InChI=1S/C20H26N2O2S/c1-4-15-5-7-16(8-6-15)19(14(2)3)22-18(23)9-11-21-20(24)17-10-12-25-13-17/h5-8,10,12-14,19H,4,9,11H2,1-3H3,(H,21,24)(H,22,23). The summed E-state index contributed by atoms with van der Waals surface area (Å²) >= 11 is 1.48. The second-order valence-corrected chi connectivity index (χ2v) is 7.18. The minimum absolute atomic E-state index is 0.0222. The van der Waals surface area contributed by atoms with E-state index in [0.717, 1.165) is 12.0 Å². The molecule has 25 heavy (non-hydrogen) atoms. The minimum Gasteiger partial charge on any atom is -0.351 e. The van der Waals surface area contributed by atoms with Crippen LogP contribution in [-0.4, -0.2) is 18.4 Å². The molecule has 2 aromatic rings.